The highest BCUT2D eigenvalue weighted by Gasteiger charge is 2.34. The molecule has 132 valence electrons. The van der Waals surface area contributed by atoms with Crippen molar-refractivity contribution in [2.75, 3.05) is 12.4 Å². The maximum absolute atomic E-state index is 13.0. The van der Waals surface area contributed by atoms with Crippen LogP contribution in [0.2, 0.25) is 5.02 Å². The number of alkyl halides is 3. The molecule has 0 spiro atoms. The van der Waals surface area contributed by atoms with E-state index in [1.54, 1.807) is 24.3 Å². The van der Waals surface area contributed by atoms with Crippen molar-refractivity contribution in [2.45, 2.75) is 6.18 Å². The fourth-order valence-corrected chi connectivity index (χ4v) is 2.28. The van der Waals surface area contributed by atoms with Crippen molar-refractivity contribution in [1.82, 2.24) is 5.43 Å². The number of anilines is 1. The molecule has 2 N–H and O–H groups in total. The zero-order valence-corrected chi connectivity index (χ0v) is 14.5. The van der Waals surface area contributed by atoms with E-state index in [2.05, 4.69) is 15.8 Å². The number of hydrogen-bond donors (Lipinski definition) is 2. The SMILES string of the molecule is COc1ccccc1/C=N/NC(=S)Nc1ccc(Cl)cc1C(F)(F)F. The minimum atomic E-state index is -4.57. The number of hydrogen-bond acceptors (Lipinski definition) is 3. The molecule has 25 heavy (non-hydrogen) atoms. The van der Waals surface area contributed by atoms with Gasteiger partial charge < -0.3 is 10.1 Å². The summed E-state index contributed by atoms with van der Waals surface area (Å²) in [6, 6.07) is 10.5. The lowest BCUT2D eigenvalue weighted by Gasteiger charge is -2.15. The van der Waals surface area contributed by atoms with Gasteiger partial charge in [-0.3, -0.25) is 5.43 Å². The molecular formula is C16H13ClF3N3OS. The summed E-state index contributed by atoms with van der Waals surface area (Å²) in [5, 5.41) is 6.23. The molecular weight excluding hydrogens is 375 g/mol. The third-order valence-corrected chi connectivity index (χ3v) is 3.47. The molecule has 0 amide bonds. The van der Waals surface area contributed by atoms with Crippen LogP contribution in [-0.2, 0) is 6.18 Å². The predicted octanol–water partition coefficient (Wildman–Crippen LogP) is 4.69. The number of thiocarbonyl (C=S) groups is 1. The average Bonchev–Trinajstić information content (AvgIpc) is 2.56. The van der Waals surface area contributed by atoms with Gasteiger partial charge in [-0.15, -0.1) is 0 Å². The average molecular weight is 388 g/mol. The molecule has 0 aromatic heterocycles. The lowest BCUT2D eigenvalue weighted by atomic mass is 10.1. The van der Waals surface area contributed by atoms with Gasteiger partial charge in [0.25, 0.3) is 0 Å². The van der Waals surface area contributed by atoms with Crippen LogP contribution in [0, 0.1) is 0 Å². The molecule has 0 unspecified atom stereocenters. The Morgan fingerprint density at radius 2 is 1.96 bits per heavy atom. The first kappa shape index (κ1) is 19.0. The molecule has 0 saturated carbocycles. The first-order valence-electron chi connectivity index (χ1n) is 6.91. The van der Waals surface area contributed by atoms with Crippen LogP contribution >= 0.6 is 23.8 Å². The van der Waals surface area contributed by atoms with Gasteiger partial charge in [-0.2, -0.15) is 18.3 Å². The molecule has 0 aliphatic rings. The van der Waals surface area contributed by atoms with Crippen LogP contribution in [0.15, 0.2) is 47.6 Å². The largest absolute Gasteiger partial charge is 0.496 e. The molecule has 0 saturated heterocycles. The van der Waals surface area contributed by atoms with E-state index in [0.29, 0.717) is 11.3 Å². The lowest BCUT2D eigenvalue weighted by molar-refractivity contribution is -0.136. The van der Waals surface area contributed by atoms with Crippen molar-refractivity contribution in [3.8, 4) is 5.75 Å². The minimum Gasteiger partial charge on any atom is -0.496 e. The number of nitrogens with zero attached hydrogens (tertiary/aromatic N) is 1. The topological polar surface area (TPSA) is 45.6 Å². The van der Waals surface area contributed by atoms with Crippen LogP contribution in [0.5, 0.6) is 5.75 Å². The molecule has 9 heteroatoms. The third-order valence-electron chi connectivity index (χ3n) is 3.04. The number of halogens is 4. The fraction of sp³-hybridized carbons (Fsp3) is 0.125. The molecule has 2 aromatic carbocycles. The molecule has 0 bridgehead atoms. The standard InChI is InChI=1S/C16H13ClF3N3OS/c1-24-14-5-3-2-4-10(14)9-21-23-15(25)22-13-7-6-11(17)8-12(13)16(18,19)20/h2-9H,1H3,(H2,22,23,25)/b21-9+. The van der Waals surface area contributed by atoms with Crippen LogP contribution in [0.1, 0.15) is 11.1 Å². The quantitative estimate of drug-likeness (QED) is 0.454. The lowest BCUT2D eigenvalue weighted by Crippen LogP contribution is -2.25. The molecule has 0 radical (unpaired) electrons. The van der Waals surface area contributed by atoms with E-state index in [1.165, 1.54) is 25.5 Å². The summed E-state index contributed by atoms with van der Waals surface area (Å²) < 4.78 is 44.2. The van der Waals surface area contributed by atoms with Crippen LogP contribution in [0.25, 0.3) is 0 Å². The molecule has 4 nitrogen and oxygen atoms in total. The predicted molar refractivity (Wildman–Crippen MR) is 96.4 cm³/mol. The van der Waals surface area contributed by atoms with Crippen molar-refractivity contribution in [2.24, 2.45) is 5.10 Å². The fourth-order valence-electron chi connectivity index (χ4n) is 1.94. The molecule has 2 aromatic rings. The first-order chi connectivity index (χ1) is 11.8. The number of rotatable bonds is 4. The van der Waals surface area contributed by atoms with E-state index in [0.717, 1.165) is 6.07 Å². The summed E-state index contributed by atoms with van der Waals surface area (Å²) in [5.74, 6) is 0.601. The van der Waals surface area contributed by atoms with E-state index in [9.17, 15) is 13.2 Å². The van der Waals surface area contributed by atoms with E-state index < -0.39 is 11.7 Å². The number of methoxy groups -OCH3 is 1. The normalized spacial score (nSPS) is 11.4. The van der Waals surface area contributed by atoms with Crippen LogP contribution in [0.4, 0.5) is 18.9 Å². The zero-order valence-electron chi connectivity index (χ0n) is 12.9. The Kier molecular flexibility index (Phi) is 6.22. The Morgan fingerprint density at radius 1 is 1.24 bits per heavy atom. The number of para-hydroxylation sites is 1. The van der Waals surface area contributed by atoms with Crippen LogP contribution < -0.4 is 15.5 Å². The number of benzene rings is 2. The van der Waals surface area contributed by atoms with Gasteiger partial charge in [0, 0.05) is 10.6 Å². The number of nitrogens with one attached hydrogen (secondary N) is 2. The molecule has 2 rings (SSSR count). The van der Waals surface area contributed by atoms with Gasteiger partial charge in [0.1, 0.15) is 5.75 Å². The molecule has 0 fully saturated rings. The first-order valence-corrected chi connectivity index (χ1v) is 7.69. The molecule has 0 atom stereocenters. The van der Waals surface area contributed by atoms with Crippen molar-refractivity contribution in [1.29, 1.82) is 0 Å². The Morgan fingerprint density at radius 3 is 2.64 bits per heavy atom. The maximum Gasteiger partial charge on any atom is 0.418 e. The van der Waals surface area contributed by atoms with Gasteiger partial charge in [0.15, 0.2) is 5.11 Å². The van der Waals surface area contributed by atoms with E-state index in [-0.39, 0.29) is 15.8 Å². The molecule has 0 aliphatic heterocycles. The Hall–Kier alpha value is -2.32. The van der Waals surface area contributed by atoms with Gasteiger partial charge in [0.2, 0.25) is 0 Å². The highest BCUT2D eigenvalue weighted by Crippen LogP contribution is 2.36. The summed E-state index contributed by atoms with van der Waals surface area (Å²) in [6.45, 7) is 0. The maximum atomic E-state index is 13.0. The summed E-state index contributed by atoms with van der Waals surface area (Å²) in [4.78, 5) is 0. The van der Waals surface area contributed by atoms with Gasteiger partial charge in [0.05, 0.1) is 24.6 Å². The van der Waals surface area contributed by atoms with Gasteiger partial charge in [-0.05, 0) is 42.5 Å². The number of ether oxygens (including phenoxy) is 1. The Bertz CT molecular complexity index is 796. The Labute approximate surface area is 152 Å². The van der Waals surface area contributed by atoms with Crippen LogP contribution in [-0.4, -0.2) is 18.4 Å². The molecule has 0 aliphatic carbocycles. The summed E-state index contributed by atoms with van der Waals surface area (Å²) >= 11 is 10.6. The zero-order chi connectivity index (χ0) is 18.4. The van der Waals surface area contributed by atoms with Crippen LogP contribution in [0.3, 0.4) is 0 Å². The molecule has 0 heterocycles. The number of hydrazone groups is 1. The second-order valence-electron chi connectivity index (χ2n) is 4.75. The Balaban J connectivity index is 2.07. The van der Waals surface area contributed by atoms with Gasteiger partial charge >= 0.3 is 6.18 Å². The van der Waals surface area contributed by atoms with Crippen molar-refractivity contribution < 1.29 is 17.9 Å². The van der Waals surface area contributed by atoms with E-state index >= 15 is 0 Å². The van der Waals surface area contributed by atoms with Crippen molar-refractivity contribution in [3.05, 3.63) is 58.6 Å². The monoisotopic (exact) mass is 387 g/mol. The highest BCUT2D eigenvalue weighted by molar-refractivity contribution is 7.80. The van der Waals surface area contributed by atoms with Gasteiger partial charge in [-0.25, -0.2) is 0 Å². The highest BCUT2D eigenvalue weighted by atomic mass is 35.5. The van der Waals surface area contributed by atoms with Crippen molar-refractivity contribution in [3.63, 3.8) is 0 Å². The minimum absolute atomic E-state index is 0.0223. The van der Waals surface area contributed by atoms with E-state index in [4.69, 9.17) is 28.6 Å². The second kappa shape index (κ2) is 8.17. The van der Waals surface area contributed by atoms with Gasteiger partial charge in [-0.1, -0.05) is 23.7 Å². The summed E-state index contributed by atoms with van der Waals surface area (Å²) in [7, 11) is 1.52. The second-order valence-corrected chi connectivity index (χ2v) is 5.60. The van der Waals surface area contributed by atoms with E-state index in [1.807, 2.05) is 0 Å². The van der Waals surface area contributed by atoms with Crippen molar-refractivity contribution >= 4 is 40.8 Å². The summed E-state index contributed by atoms with van der Waals surface area (Å²) in [6.07, 6.45) is -3.12. The summed E-state index contributed by atoms with van der Waals surface area (Å²) in [5.41, 5.74) is 2.00. The smallest absolute Gasteiger partial charge is 0.418 e. The third kappa shape index (κ3) is 5.33.